The van der Waals surface area contributed by atoms with E-state index in [1.54, 1.807) is 6.08 Å². The van der Waals surface area contributed by atoms with Crippen LogP contribution in [0.4, 0.5) is 0 Å². The zero-order valence-corrected chi connectivity index (χ0v) is 17.5. The monoisotopic (exact) mass is 413 g/mol. The molecule has 1 aliphatic heterocycles. The predicted molar refractivity (Wildman–Crippen MR) is 120 cm³/mol. The molecule has 0 fully saturated rings. The number of carbonyl (C=O) groups excluding carboxylic acids is 1. The van der Waals surface area contributed by atoms with Gasteiger partial charge < -0.3 is 14.3 Å². The summed E-state index contributed by atoms with van der Waals surface area (Å²) in [6.07, 6.45) is 1.76. The topological polar surface area (TPSA) is 57.1 Å². The minimum absolute atomic E-state index is 0.405. The third-order valence-electron chi connectivity index (χ3n) is 4.80. The maximum atomic E-state index is 12.3. The summed E-state index contributed by atoms with van der Waals surface area (Å²) in [6.45, 7) is 4.92. The van der Waals surface area contributed by atoms with E-state index in [-0.39, 0.29) is 0 Å². The highest BCUT2D eigenvalue weighted by atomic mass is 16.7. The van der Waals surface area contributed by atoms with Crippen molar-refractivity contribution >= 4 is 17.8 Å². The minimum atomic E-state index is -0.475. The standard InChI is InChI=1S/C26H23NO4/c1-3-29-24-16-19(12-13-23(24)30-17-20-9-7-8-18(2)14-20)15-22-25(27-31-26(22)28)21-10-5-4-6-11-21/h4-16H,3,17H2,1-2H3/b22-15-. The van der Waals surface area contributed by atoms with Gasteiger partial charge >= 0.3 is 5.97 Å². The van der Waals surface area contributed by atoms with Crippen LogP contribution in [0.25, 0.3) is 6.08 Å². The highest BCUT2D eigenvalue weighted by Gasteiger charge is 2.26. The van der Waals surface area contributed by atoms with Gasteiger partial charge in [0, 0.05) is 5.56 Å². The van der Waals surface area contributed by atoms with Crippen molar-refractivity contribution < 1.29 is 19.1 Å². The quantitative estimate of drug-likeness (QED) is 0.389. The van der Waals surface area contributed by atoms with Crippen molar-refractivity contribution in [2.75, 3.05) is 6.61 Å². The first-order chi connectivity index (χ1) is 15.1. The van der Waals surface area contributed by atoms with Crippen molar-refractivity contribution in [1.29, 1.82) is 0 Å². The summed E-state index contributed by atoms with van der Waals surface area (Å²) in [4.78, 5) is 17.2. The van der Waals surface area contributed by atoms with Crippen LogP contribution in [0.5, 0.6) is 11.5 Å². The second-order valence-corrected chi connectivity index (χ2v) is 7.16. The van der Waals surface area contributed by atoms with Crippen LogP contribution in [0.15, 0.2) is 83.5 Å². The highest BCUT2D eigenvalue weighted by Crippen LogP contribution is 2.31. The van der Waals surface area contributed by atoms with E-state index in [9.17, 15) is 4.79 Å². The molecule has 0 aromatic heterocycles. The van der Waals surface area contributed by atoms with Gasteiger partial charge in [0.1, 0.15) is 12.3 Å². The SMILES string of the molecule is CCOc1cc(/C=C2\C(=O)ON=C2c2ccccc2)ccc1OCc1cccc(C)c1. The molecule has 3 aromatic carbocycles. The molecule has 5 nitrogen and oxygen atoms in total. The van der Waals surface area contributed by atoms with Gasteiger partial charge in [0.2, 0.25) is 0 Å². The average Bonchev–Trinajstić information content (AvgIpc) is 3.14. The molecule has 0 saturated carbocycles. The number of rotatable bonds is 7. The number of hydrogen-bond acceptors (Lipinski definition) is 5. The molecule has 156 valence electrons. The van der Waals surface area contributed by atoms with E-state index in [0.717, 1.165) is 16.7 Å². The summed E-state index contributed by atoms with van der Waals surface area (Å²) >= 11 is 0. The first-order valence-corrected chi connectivity index (χ1v) is 10.2. The molecule has 0 amide bonds. The van der Waals surface area contributed by atoms with Gasteiger partial charge in [-0.25, -0.2) is 4.79 Å². The second kappa shape index (κ2) is 9.30. The lowest BCUT2D eigenvalue weighted by atomic mass is 10.0. The van der Waals surface area contributed by atoms with Crippen LogP contribution in [0.3, 0.4) is 0 Å². The largest absolute Gasteiger partial charge is 0.490 e. The molecule has 3 aromatic rings. The van der Waals surface area contributed by atoms with Crippen molar-refractivity contribution in [2.24, 2.45) is 5.16 Å². The molecular formula is C26H23NO4. The smallest absolute Gasteiger partial charge is 0.368 e. The van der Waals surface area contributed by atoms with Gasteiger partial charge in [-0.15, -0.1) is 0 Å². The van der Waals surface area contributed by atoms with Crippen molar-refractivity contribution in [3.63, 3.8) is 0 Å². The Balaban J connectivity index is 1.59. The van der Waals surface area contributed by atoms with E-state index < -0.39 is 5.97 Å². The van der Waals surface area contributed by atoms with Crippen LogP contribution >= 0.6 is 0 Å². The van der Waals surface area contributed by atoms with Gasteiger partial charge in [0.25, 0.3) is 0 Å². The van der Waals surface area contributed by atoms with Gasteiger partial charge in [-0.3, -0.25) is 0 Å². The highest BCUT2D eigenvalue weighted by molar-refractivity contribution is 6.31. The summed E-state index contributed by atoms with van der Waals surface area (Å²) in [6, 6.07) is 23.3. The molecule has 1 heterocycles. The number of nitrogens with zero attached hydrogens (tertiary/aromatic N) is 1. The van der Waals surface area contributed by atoms with E-state index in [4.69, 9.17) is 14.3 Å². The lowest BCUT2D eigenvalue weighted by Gasteiger charge is -2.13. The number of benzene rings is 3. The molecule has 0 spiro atoms. The average molecular weight is 413 g/mol. The lowest BCUT2D eigenvalue weighted by Crippen LogP contribution is -2.06. The van der Waals surface area contributed by atoms with Crippen LogP contribution in [-0.4, -0.2) is 18.3 Å². The minimum Gasteiger partial charge on any atom is -0.490 e. The van der Waals surface area contributed by atoms with Crippen molar-refractivity contribution in [3.05, 3.63) is 101 Å². The zero-order chi connectivity index (χ0) is 21.6. The van der Waals surface area contributed by atoms with E-state index in [1.165, 1.54) is 5.56 Å². The fourth-order valence-corrected chi connectivity index (χ4v) is 3.35. The second-order valence-electron chi connectivity index (χ2n) is 7.16. The van der Waals surface area contributed by atoms with Gasteiger partial charge in [0.15, 0.2) is 11.5 Å². The summed E-state index contributed by atoms with van der Waals surface area (Å²) < 4.78 is 11.8. The normalized spacial score (nSPS) is 14.3. The molecular weight excluding hydrogens is 390 g/mol. The number of oxime groups is 1. The molecule has 0 atom stereocenters. The Bertz CT molecular complexity index is 1150. The first-order valence-electron chi connectivity index (χ1n) is 10.2. The Morgan fingerprint density at radius 1 is 0.935 bits per heavy atom. The summed E-state index contributed by atoms with van der Waals surface area (Å²) in [5.41, 5.74) is 4.82. The Morgan fingerprint density at radius 2 is 1.77 bits per heavy atom. The number of carbonyl (C=O) groups is 1. The Kier molecular flexibility index (Phi) is 6.13. The number of hydrogen-bond donors (Lipinski definition) is 0. The van der Waals surface area contributed by atoms with E-state index in [2.05, 4.69) is 24.2 Å². The Morgan fingerprint density at radius 3 is 2.55 bits per heavy atom. The van der Waals surface area contributed by atoms with Crippen LogP contribution in [0.1, 0.15) is 29.2 Å². The van der Waals surface area contributed by atoms with E-state index in [0.29, 0.717) is 36.0 Å². The van der Waals surface area contributed by atoms with Crippen molar-refractivity contribution in [1.82, 2.24) is 0 Å². The Labute approximate surface area is 181 Å². The van der Waals surface area contributed by atoms with Gasteiger partial charge in [-0.05, 0) is 43.2 Å². The molecule has 0 bridgehead atoms. The summed E-state index contributed by atoms with van der Waals surface area (Å²) in [5.74, 6) is 0.794. The third kappa shape index (κ3) is 4.83. The van der Waals surface area contributed by atoms with Gasteiger partial charge in [-0.2, -0.15) is 0 Å². The molecule has 0 saturated heterocycles. The lowest BCUT2D eigenvalue weighted by molar-refractivity contribution is -0.136. The fourth-order valence-electron chi connectivity index (χ4n) is 3.35. The molecule has 0 radical (unpaired) electrons. The van der Waals surface area contributed by atoms with E-state index >= 15 is 0 Å². The van der Waals surface area contributed by atoms with Crippen molar-refractivity contribution in [3.8, 4) is 11.5 Å². The van der Waals surface area contributed by atoms with Crippen molar-refractivity contribution in [2.45, 2.75) is 20.5 Å². The predicted octanol–water partition coefficient (Wildman–Crippen LogP) is 5.32. The molecule has 0 unspecified atom stereocenters. The number of aryl methyl sites for hydroxylation is 1. The third-order valence-corrected chi connectivity index (χ3v) is 4.80. The van der Waals surface area contributed by atoms with Crippen LogP contribution in [0, 0.1) is 6.92 Å². The Hall–Kier alpha value is -3.86. The van der Waals surface area contributed by atoms with E-state index in [1.807, 2.05) is 67.6 Å². The molecule has 1 aliphatic rings. The zero-order valence-electron chi connectivity index (χ0n) is 17.5. The molecule has 0 N–H and O–H groups in total. The van der Waals surface area contributed by atoms with Crippen LogP contribution in [-0.2, 0) is 16.2 Å². The first kappa shape index (κ1) is 20.4. The molecule has 31 heavy (non-hydrogen) atoms. The summed E-state index contributed by atoms with van der Waals surface area (Å²) in [7, 11) is 0. The maximum absolute atomic E-state index is 12.3. The molecule has 4 rings (SSSR count). The van der Waals surface area contributed by atoms with Gasteiger partial charge in [0.05, 0.1) is 12.2 Å². The fraction of sp³-hybridized carbons (Fsp3) is 0.154. The van der Waals surface area contributed by atoms with Crippen LogP contribution < -0.4 is 9.47 Å². The molecule has 5 heteroatoms. The number of ether oxygens (including phenoxy) is 2. The molecule has 0 aliphatic carbocycles. The maximum Gasteiger partial charge on any atom is 0.368 e. The van der Waals surface area contributed by atoms with Gasteiger partial charge in [-0.1, -0.05) is 71.4 Å². The van der Waals surface area contributed by atoms with Crippen LogP contribution in [0.2, 0.25) is 0 Å². The summed E-state index contributed by atoms with van der Waals surface area (Å²) in [5, 5.41) is 3.95.